The number of methoxy groups -OCH3 is 2. The van der Waals surface area contributed by atoms with Gasteiger partial charge in [0.05, 0.1) is 19.9 Å². The molecular formula is C21H21N3O4. The van der Waals surface area contributed by atoms with Gasteiger partial charge in [0.2, 0.25) is 5.43 Å². The molecule has 0 saturated carbocycles. The van der Waals surface area contributed by atoms with Gasteiger partial charge >= 0.3 is 0 Å². The summed E-state index contributed by atoms with van der Waals surface area (Å²) in [5.74, 6) is 0.627. The van der Waals surface area contributed by atoms with Crippen LogP contribution in [0.15, 0.2) is 59.4 Å². The van der Waals surface area contributed by atoms with Crippen molar-refractivity contribution in [3.05, 3.63) is 81.8 Å². The monoisotopic (exact) mass is 379 g/mol. The fourth-order valence-electron chi connectivity index (χ4n) is 2.79. The third-order valence-corrected chi connectivity index (χ3v) is 4.22. The quantitative estimate of drug-likeness (QED) is 0.712. The van der Waals surface area contributed by atoms with Gasteiger partial charge in [0, 0.05) is 18.3 Å². The highest BCUT2D eigenvalue weighted by atomic mass is 16.5. The number of rotatable bonds is 6. The molecule has 1 N–H and O–H groups in total. The Hall–Kier alpha value is -3.61. The number of carbonyl (C=O) groups excluding carboxylic acids is 1. The van der Waals surface area contributed by atoms with Crippen molar-refractivity contribution in [3.63, 3.8) is 0 Å². The summed E-state index contributed by atoms with van der Waals surface area (Å²) in [6.07, 6.45) is 0. The van der Waals surface area contributed by atoms with Gasteiger partial charge in [-0.05, 0) is 36.8 Å². The number of amides is 1. The topological polar surface area (TPSA) is 82.5 Å². The fraction of sp³-hybridized carbons (Fsp3) is 0.190. The van der Waals surface area contributed by atoms with Crippen LogP contribution in [-0.2, 0) is 6.54 Å². The highest BCUT2D eigenvalue weighted by Gasteiger charge is 2.15. The van der Waals surface area contributed by atoms with Crippen molar-refractivity contribution in [1.82, 2.24) is 15.1 Å². The first-order chi connectivity index (χ1) is 13.5. The van der Waals surface area contributed by atoms with Crippen LogP contribution in [0.5, 0.6) is 11.5 Å². The second kappa shape index (κ2) is 8.39. The predicted molar refractivity (Wildman–Crippen MR) is 105 cm³/mol. The van der Waals surface area contributed by atoms with E-state index in [2.05, 4.69) is 10.4 Å². The number of carbonyl (C=O) groups is 1. The normalized spacial score (nSPS) is 10.4. The van der Waals surface area contributed by atoms with Gasteiger partial charge in [-0.25, -0.2) is 4.68 Å². The number of hydrogen-bond donors (Lipinski definition) is 1. The van der Waals surface area contributed by atoms with Crippen molar-refractivity contribution in [2.24, 2.45) is 0 Å². The zero-order valence-electron chi connectivity index (χ0n) is 15.9. The third-order valence-electron chi connectivity index (χ3n) is 4.22. The lowest BCUT2D eigenvalue weighted by molar-refractivity contribution is 0.0943. The molecule has 28 heavy (non-hydrogen) atoms. The van der Waals surface area contributed by atoms with Crippen LogP contribution in [0.25, 0.3) is 5.69 Å². The first-order valence-corrected chi connectivity index (χ1v) is 8.69. The molecule has 0 saturated heterocycles. The van der Waals surface area contributed by atoms with E-state index in [4.69, 9.17) is 9.47 Å². The molecule has 1 heterocycles. The lowest BCUT2D eigenvalue weighted by Gasteiger charge is -2.12. The number of para-hydroxylation sites is 1. The van der Waals surface area contributed by atoms with Crippen LogP contribution in [0.4, 0.5) is 0 Å². The van der Waals surface area contributed by atoms with E-state index in [1.807, 2.05) is 36.4 Å². The standard InChI is InChI=1S/C21H21N3O4/c1-14-11-17(25)20(23-24(14)16-7-5-4-6-8-16)21(26)22-13-15-9-10-18(27-2)19(12-15)28-3/h4-12H,13H2,1-3H3,(H,22,26). The maximum atomic E-state index is 12.6. The predicted octanol–water partition coefficient (Wildman–Crippen LogP) is 2.49. The Balaban J connectivity index is 1.82. The average molecular weight is 379 g/mol. The molecule has 1 amide bonds. The van der Waals surface area contributed by atoms with Crippen molar-refractivity contribution in [2.75, 3.05) is 14.2 Å². The second-order valence-electron chi connectivity index (χ2n) is 6.12. The highest BCUT2D eigenvalue weighted by Crippen LogP contribution is 2.27. The van der Waals surface area contributed by atoms with Gasteiger partial charge in [-0.15, -0.1) is 0 Å². The molecule has 0 unspecified atom stereocenters. The Morgan fingerprint density at radius 2 is 1.75 bits per heavy atom. The number of ether oxygens (including phenoxy) is 2. The summed E-state index contributed by atoms with van der Waals surface area (Å²) in [6, 6.07) is 16.1. The number of aryl methyl sites for hydroxylation is 1. The summed E-state index contributed by atoms with van der Waals surface area (Å²) < 4.78 is 12.0. The molecule has 0 bridgehead atoms. The molecule has 0 aliphatic carbocycles. The first kappa shape index (κ1) is 19.2. The minimum absolute atomic E-state index is 0.157. The highest BCUT2D eigenvalue weighted by molar-refractivity contribution is 5.92. The summed E-state index contributed by atoms with van der Waals surface area (Å²) in [7, 11) is 3.10. The molecule has 0 spiro atoms. The van der Waals surface area contributed by atoms with Crippen LogP contribution < -0.4 is 20.2 Å². The second-order valence-corrected chi connectivity index (χ2v) is 6.12. The SMILES string of the molecule is COc1ccc(CNC(=O)c2nn(-c3ccccc3)c(C)cc2=O)cc1OC. The fourth-order valence-corrected chi connectivity index (χ4v) is 2.79. The van der Waals surface area contributed by atoms with Gasteiger partial charge in [-0.2, -0.15) is 5.10 Å². The number of aromatic nitrogens is 2. The third kappa shape index (κ3) is 4.03. The summed E-state index contributed by atoms with van der Waals surface area (Å²) in [6.45, 7) is 1.99. The van der Waals surface area contributed by atoms with E-state index in [0.717, 1.165) is 11.3 Å². The maximum Gasteiger partial charge on any atom is 0.276 e. The number of nitrogens with zero attached hydrogens (tertiary/aromatic N) is 2. The Kier molecular flexibility index (Phi) is 5.74. The molecule has 0 fully saturated rings. The minimum Gasteiger partial charge on any atom is -0.493 e. The molecule has 7 heteroatoms. The van der Waals surface area contributed by atoms with Crippen molar-refractivity contribution in [2.45, 2.75) is 13.5 Å². The van der Waals surface area contributed by atoms with Crippen molar-refractivity contribution < 1.29 is 14.3 Å². The van der Waals surface area contributed by atoms with Gasteiger partial charge < -0.3 is 14.8 Å². The molecule has 3 rings (SSSR count). The van der Waals surface area contributed by atoms with Gasteiger partial charge in [0.25, 0.3) is 5.91 Å². The van der Waals surface area contributed by atoms with Crippen LogP contribution in [0.2, 0.25) is 0 Å². The van der Waals surface area contributed by atoms with Crippen molar-refractivity contribution in [1.29, 1.82) is 0 Å². The van der Waals surface area contributed by atoms with E-state index in [9.17, 15) is 9.59 Å². The van der Waals surface area contributed by atoms with Gasteiger partial charge in [-0.1, -0.05) is 24.3 Å². The summed E-state index contributed by atoms with van der Waals surface area (Å²) >= 11 is 0. The molecule has 0 radical (unpaired) electrons. The molecule has 7 nitrogen and oxygen atoms in total. The molecule has 144 valence electrons. The van der Waals surface area contributed by atoms with E-state index in [1.54, 1.807) is 38.0 Å². The minimum atomic E-state index is -0.538. The van der Waals surface area contributed by atoms with E-state index in [0.29, 0.717) is 17.2 Å². The van der Waals surface area contributed by atoms with Gasteiger partial charge in [-0.3, -0.25) is 9.59 Å². The van der Waals surface area contributed by atoms with Gasteiger partial charge in [0.1, 0.15) is 0 Å². The van der Waals surface area contributed by atoms with Crippen molar-refractivity contribution in [3.8, 4) is 17.2 Å². The van der Waals surface area contributed by atoms with Crippen LogP contribution in [0.3, 0.4) is 0 Å². The Bertz CT molecular complexity index is 1050. The maximum absolute atomic E-state index is 12.6. The average Bonchev–Trinajstić information content (AvgIpc) is 2.72. The lowest BCUT2D eigenvalue weighted by Crippen LogP contribution is -2.31. The Morgan fingerprint density at radius 1 is 1.04 bits per heavy atom. The van der Waals surface area contributed by atoms with Crippen LogP contribution in [0.1, 0.15) is 21.7 Å². The molecule has 3 aromatic rings. The summed E-state index contributed by atoms with van der Waals surface area (Å²) in [5, 5.41) is 6.99. The number of hydrogen-bond acceptors (Lipinski definition) is 5. The first-order valence-electron chi connectivity index (χ1n) is 8.69. The summed E-state index contributed by atoms with van der Waals surface area (Å²) in [5.41, 5.74) is 1.65. The lowest BCUT2D eigenvalue weighted by atomic mass is 10.2. The molecule has 2 aromatic carbocycles. The van der Waals surface area contributed by atoms with E-state index in [1.165, 1.54) is 6.07 Å². The molecule has 0 atom stereocenters. The summed E-state index contributed by atoms with van der Waals surface area (Å²) in [4.78, 5) is 24.9. The largest absolute Gasteiger partial charge is 0.493 e. The van der Waals surface area contributed by atoms with E-state index >= 15 is 0 Å². The molecule has 0 aliphatic rings. The molecule has 0 aliphatic heterocycles. The van der Waals surface area contributed by atoms with E-state index < -0.39 is 11.3 Å². The van der Waals surface area contributed by atoms with Crippen molar-refractivity contribution >= 4 is 5.91 Å². The van der Waals surface area contributed by atoms with Gasteiger partial charge in [0.15, 0.2) is 17.2 Å². The molecule has 1 aromatic heterocycles. The Labute approximate surface area is 162 Å². The van der Waals surface area contributed by atoms with Crippen LogP contribution >= 0.6 is 0 Å². The number of benzene rings is 2. The number of nitrogens with one attached hydrogen (secondary N) is 1. The zero-order chi connectivity index (χ0) is 20.1. The van der Waals surface area contributed by atoms with Crippen LogP contribution in [0, 0.1) is 6.92 Å². The smallest absolute Gasteiger partial charge is 0.276 e. The Morgan fingerprint density at radius 3 is 2.43 bits per heavy atom. The zero-order valence-corrected chi connectivity index (χ0v) is 15.9. The molecular weight excluding hydrogens is 358 g/mol. The van der Waals surface area contributed by atoms with Crippen LogP contribution in [-0.4, -0.2) is 29.9 Å². The van der Waals surface area contributed by atoms with E-state index in [-0.39, 0.29) is 12.2 Å².